The van der Waals surface area contributed by atoms with Crippen LogP contribution in [-0.4, -0.2) is 41.2 Å². The standard InChI is InChI=1S/C18H17BrN2O4/c1-17-7-12(22)18(25-17)4-5-24-16-14(18)13(17)15(23)21(16)10-3-2-9(8-20)11(19)6-10/h2-3,6,12-14,16,22H,4-5,7H2,1H3/t12-,13+,14-,16-,17+,18-/m0/s1. The number of anilines is 1. The highest BCUT2D eigenvalue weighted by Gasteiger charge is 2.78. The van der Waals surface area contributed by atoms with E-state index in [1.54, 1.807) is 23.1 Å². The topological polar surface area (TPSA) is 82.8 Å². The molecular formula is C18H17BrN2O4. The third kappa shape index (κ3) is 1.76. The normalized spacial score (nSPS) is 44.1. The van der Waals surface area contributed by atoms with E-state index < -0.39 is 23.5 Å². The van der Waals surface area contributed by atoms with Gasteiger partial charge in [-0.15, -0.1) is 0 Å². The molecule has 4 heterocycles. The Morgan fingerprint density at radius 1 is 1.48 bits per heavy atom. The Morgan fingerprint density at radius 3 is 3.00 bits per heavy atom. The van der Waals surface area contributed by atoms with Crippen molar-refractivity contribution < 1.29 is 19.4 Å². The molecule has 6 nitrogen and oxygen atoms in total. The lowest BCUT2D eigenvalue weighted by atomic mass is 9.65. The lowest BCUT2D eigenvalue weighted by molar-refractivity contribution is -0.163. The minimum Gasteiger partial charge on any atom is -0.390 e. The second-order valence-corrected chi connectivity index (χ2v) is 8.44. The number of benzene rings is 1. The highest BCUT2D eigenvalue weighted by molar-refractivity contribution is 9.10. The minimum atomic E-state index is -0.684. The quantitative estimate of drug-likeness (QED) is 0.772. The smallest absolute Gasteiger partial charge is 0.235 e. The molecule has 1 aromatic rings. The molecule has 4 saturated heterocycles. The lowest BCUT2D eigenvalue weighted by Gasteiger charge is -2.43. The Labute approximate surface area is 153 Å². The number of nitriles is 1. The van der Waals surface area contributed by atoms with Gasteiger partial charge in [0.15, 0.2) is 0 Å². The second-order valence-electron chi connectivity index (χ2n) is 7.59. The fraction of sp³-hybridized carbons (Fsp3) is 0.556. The molecule has 4 fully saturated rings. The van der Waals surface area contributed by atoms with Crippen molar-refractivity contribution in [1.29, 1.82) is 5.26 Å². The summed E-state index contributed by atoms with van der Waals surface area (Å²) in [5, 5.41) is 19.7. The zero-order valence-electron chi connectivity index (χ0n) is 13.6. The highest BCUT2D eigenvalue weighted by atomic mass is 79.9. The summed E-state index contributed by atoms with van der Waals surface area (Å²) in [5.74, 6) is -0.502. The van der Waals surface area contributed by atoms with Crippen LogP contribution in [0.3, 0.4) is 0 Å². The zero-order valence-corrected chi connectivity index (χ0v) is 15.2. The van der Waals surface area contributed by atoms with Gasteiger partial charge in [-0.05, 0) is 41.1 Å². The molecule has 0 unspecified atom stereocenters. The largest absolute Gasteiger partial charge is 0.390 e. The van der Waals surface area contributed by atoms with Crippen LogP contribution in [0.2, 0.25) is 0 Å². The van der Waals surface area contributed by atoms with Crippen LogP contribution >= 0.6 is 15.9 Å². The number of aliphatic hydroxyl groups is 1. The maximum atomic E-state index is 13.3. The number of ether oxygens (including phenoxy) is 2. The average molecular weight is 405 g/mol. The third-order valence-corrected chi connectivity index (χ3v) is 7.02. The molecule has 0 radical (unpaired) electrons. The first kappa shape index (κ1) is 15.8. The van der Waals surface area contributed by atoms with E-state index in [9.17, 15) is 9.90 Å². The predicted molar refractivity (Wildman–Crippen MR) is 90.5 cm³/mol. The van der Waals surface area contributed by atoms with E-state index in [2.05, 4.69) is 22.0 Å². The average Bonchev–Trinajstić information content (AvgIpc) is 3.11. The third-order valence-electron chi connectivity index (χ3n) is 6.36. The van der Waals surface area contributed by atoms with E-state index >= 15 is 0 Å². The summed E-state index contributed by atoms with van der Waals surface area (Å²) in [7, 11) is 0. The Bertz CT molecular complexity index is 839. The first-order chi connectivity index (χ1) is 11.9. The van der Waals surface area contributed by atoms with E-state index in [4.69, 9.17) is 14.7 Å². The first-order valence-corrected chi connectivity index (χ1v) is 9.23. The number of amides is 1. The van der Waals surface area contributed by atoms with Gasteiger partial charge in [0.1, 0.15) is 17.9 Å². The Hall–Kier alpha value is -1.46. The number of hydrogen-bond donors (Lipinski definition) is 1. The number of carbonyl (C=O) groups is 1. The first-order valence-electron chi connectivity index (χ1n) is 8.44. The summed E-state index contributed by atoms with van der Waals surface area (Å²) >= 11 is 3.39. The maximum Gasteiger partial charge on any atom is 0.235 e. The van der Waals surface area contributed by atoms with Crippen molar-refractivity contribution in [3.05, 3.63) is 28.2 Å². The second kappa shape index (κ2) is 4.83. The van der Waals surface area contributed by atoms with E-state index in [0.717, 1.165) is 0 Å². The van der Waals surface area contributed by atoms with Crippen LogP contribution < -0.4 is 4.90 Å². The summed E-state index contributed by atoms with van der Waals surface area (Å²) in [6, 6.07) is 7.36. The molecule has 7 heteroatoms. The van der Waals surface area contributed by atoms with E-state index in [-0.39, 0.29) is 17.7 Å². The van der Waals surface area contributed by atoms with Gasteiger partial charge in [0.2, 0.25) is 5.91 Å². The van der Waals surface area contributed by atoms with Gasteiger partial charge in [0.05, 0.1) is 35.7 Å². The molecule has 25 heavy (non-hydrogen) atoms. The lowest BCUT2D eigenvalue weighted by Crippen LogP contribution is -2.56. The number of hydrogen-bond acceptors (Lipinski definition) is 5. The number of carbonyl (C=O) groups excluding carboxylic acids is 1. The summed E-state index contributed by atoms with van der Waals surface area (Å²) in [4.78, 5) is 15.0. The fourth-order valence-corrected chi connectivity index (χ4v) is 5.88. The van der Waals surface area contributed by atoms with Crippen LogP contribution in [0, 0.1) is 23.2 Å². The number of fused-ring (bicyclic) bond motifs is 2. The Morgan fingerprint density at radius 2 is 2.28 bits per heavy atom. The Kier molecular flexibility index (Phi) is 3.05. The molecule has 0 saturated carbocycles. The van der Waals surface area contributed by atoms with Gasteiger partial charge < -0.3 is 14.6 Å². The van der Waals surface area contributed by atoms with E-state index in [0.29, 0.717) is 35.2 Å². The summed E-state index contributed by atoms with van der Waals surface area (Å²) in [6.45, 7) is 2.38. The van der Waals surface area contributed by atoms with Gasteiger partial charge in [0.25, 0.3) is 0 Å². The van der Waals surface area contributed by atoms with Gasteiger partial charge >= 0.3 is 0 Å². The molecule has 5 rings (SSSR count). The molecular weight excluding hydrogens is 388 g/mol. The molecule has 2 bridgehead atoms. The molecule has 0 aromatic heterocycles. The van der Waals surface area contributed by atoms with Crippen LogP contribution in [0.4, 0.5) is 5.69 Å². The molecule has 1 N–H and O–H groups in total. The highest BCUT2D eigenvalue weighted by Crippen LogP contribution is 2.65. The van der Waals surface area contributed by atoms with Crippen molar-refractivity contribution >= 4 is 27.5 Å². The number of halogens is 1. The van der Waals surface area contributed by atoms with Crippen molar-refractivity contribution in [2.24, 2.45) is 11.8 Å². The molecule has 6 atom stereocenters. The molecule has 1 amide bonds. The molecule has 1 aromatic carbocycles. The summed E-state index contributed by atoms with van der Waals surface area (Å²) in [5.41, 5.74) is -0.116. The van der Waals surface area contributed by atoms with Crippen molar-refractivity contribution in [3.8, 4) is 6.07 Å². The van der Waals surface area contributed by atoms with Crippen LogP contribution in [0.1, 0.15) is 25.3 Å². The molecule has 130 valence electrons. The molecule has 4 aliphatic heterocycles. The zero-order chi connectivity index (χ0) is 17.6. The van der Waals surface area contributed by atoms with Gasteiger partial charge in [-0.1, -0.05) is 0 Å². The molecule has 4 aliphatic rings. The number of aliphatic hydroxyl groups excluding tert-OH is 1. The van der Waals surface area contributed by atoms with Crippen molar-refractivity contribution in [3.63, 3.8) is 0 Å². The fourth-order valence-electron chi connectivity index (χ4n) is 5.42. The maximum absolute atomic E-state index is 13.3. The summed E-state index contributed by atoms with van der Waals surface area (Å²) in [6.07, 6.45) is 0.0883. The number of nitrogens with zero attached hydrogens (tertiary/aromatic N) is 2. The van der Waals surface area contributed by atoms with Crippen LogP contribution in [0.5, 0.6) is 0 Å². The van der Waals surface area contributed by atoms with Crippen LogP contribution in [0.15, 0.2) is 22.7 Å². The van der Waals surface area contributed by atoms with Crippen molar-refractivity contribution in [2.75, 3.05) is 11.5 Å². The number of rotatable bonds is 1. The summed E-state index contributed by atoms with van der Waals surface area (Å²) < 4.78 is 12.9. The predicted octanol–water partition coefficient (Wildman–Crippen LogP) is 1.94. The monoisotopic (exact) mass is 404 g/mol. The van der Waals surface area contributed by atoms with Gasteiger partial charge in [-0.2, -0.15) is 5.26 Å². The van der Waals surface area contributed by atoms with Gasteiger partial charge in [0, 0.05) is 23.0 Å². The molecule has 0 aliphatic carbocycles. The van der Waals surface area contributed by atoms with Crippen molar-refractivity contribution in [2.45, 2.75) is 43.3 Å². The Balaban J connectivity index is 1.62. The molecule has 1 spiro atoms. The minimum absolute atomic E-state index is 0.0233. The van der Waals surface area contributed by atoms with Gasteiger partial charge in [-0.3, -0.25) is 9.69 Å². The van der Waals surface area contributed by atoms with Crippen LogP contribution in [-0.2, 0) is 14.3 Å². The van der Waals surface area contributed by atoms with Crippen molar-refractivity contribution in [1.82, 2.24) is 0 Å². The van der Waals surface area contributed by atoms with Crippen LogP contribution in [0.25, 0.3) is 0 Å². The van der Waals surface area contributed by atoms with E-state index in [1.165, 1.54) is 0 Å². The SMILES string of the molecule is C[C@@]12C[C@H](O)[C@]3(CCO[C@H]4[C@@H]3[C@@H]1C(=O)N4c1ccc(C#N)c(Br)c1)O2. The van der Waals surface area contributed by atoms with Gasteiger partial charge in [-0.25, -0.2) is 0 Å². The van der Waals surface area contributed by atoms with E-state index in [1.807, 2.05) is 6.92 Å².